The molecule has 1 heterocycles. The summed E-state index contributed by atoms with van der Waals surface area (Å²) in [5.74, 6) is -1.06. The molecule has 1 aliphatic heterocycles. The number of halogens is 3. The van der Waals surface area contributed by atoms with E-state index in [2.05, 4.69) is 9.73 Å². The normalized spacial score (nSPS) is 12.6. The quantitative estimate of drug-likeness (QED) is 0.366. The second kappa shape index (κ2) is 7.53. The summed E-state index contributed by atoms with van der Waals surface area (Å²) in [5.41, 5.74) is 3.29. The molecule has 0 radical (unpaired) electrons. The Hall–Kier alpha value is -3.85. The molecule has 1 amide bonds. The third-order valence-electron chi connectivity index (χ3n) is 4.29. The maximum absolute atomic E-state index is 12.9. The fourth-order valence-electron chi connectivity index (χ4n) is 3.00. The number of aliphatic imine (C=N–C) groups is 1. The highest BCUT2D eigenvalue weighted by atomic mass is 19.4. The molecule has 152 valence electrons. The van der Waals surface area contributed by atoms with Crippen molar-refractivity contribution in [1.29, 1.82) is 0 Å². The summed E-state index contributed by atoms with van der Waals surface area (Å²) in [4.78, 5) is 16.1. The van der Waals surface area contributed by atoms with Gasteiger partial charge in [0.25, 0.3) is 5.91 Å². The van der Waals surface area contributed by atoms with Crippen LogP contribution < -0.4 is 15.0 Å². The van der Waals surface area contributed by atoms with Crippen molar-refractivity contribution in [3.63, 3.8) is 0 Å². The minimum Gasteiger partial charge on any atom is -0.450 e. The summed E-state index contributed by atoms with van der Waals surface area (Å²) < 4.78 is 48.7. The maximum Gasteiger partial charge on any atom is 0.573 e. The number of carbonyl (C=O) groups excluding carboxylic acids is 1. The number of nitrogens with one attached hydrogen (secondary N) is 1. The average molecular weight is 414 g/mol. The molecule has 6 nitrogen and oxygen atoms in total. The summed E-state index contributed by atoms with van der Waals surface area (Å²) in [6.45, 7) is 0. The number of hydrogen-bond donors (Lipinski definition) is 2. The highest BCUT2D eigenvalue weighted by molar-refractivity contribution is 6.16. The molecule has 4 rings (SSSR count). The first-order valence-electron chi connectivity index (χ1n) is 8.65. The van der Waals surface area contributed by atoms with Crippen LogP contribution in [-0.4, -0.2) is 23.2 Å². The molecule has 3 aromatic carbocycles. The van der Waals surface area contributed by atoms with E-state index in [1.165, 1.54) is 23.7 Å². The van der Waals surface area contributed by atoms with Crippen molar-refractivity contribution in [3.05, 3.63) is 83.4 Å². The van der Waals surface area contributed by atoms with Gasteiger partial charge in [-0.1, -0.05) is 30.3 Å². The number of hydroxylamine groups is 1. The largest absolute Gasteiger partial charge is 0.573 e. The van der Waals surface area contributed by atoms with E-state index in [0.717, 1.165) is 6.07 Å². The lowest BCUT2D eigenvalue weighted by Crippen LogP contribution is -2.19. The summed E-state index contributed by atoms with van der Waals surface area (Å²) in [6, 6.07) is 16.8. The highest BCUT2D eigenvalue weighted by Gasteiger charge is 2.34. The Kier molecular flexibility index (Phi) is 4.88. The number of hydrogen-bond acceptors (Lipinski definition) is 5. The van der Waals surface area contributed by atoms with E-state index in [9.17, 15) is 18.0 Å². The predicted octanol–water partition coefficient (Wildman–Crippen LogP) is 4.98. The van der Waals surface area contributed by atoms with Gasteiger partial charge in [0.1, 0.15) is 5.69 Å². The molecule has 0 bridgehead atoms. The van der Waals surface area contributed by atoms with Crippen molar-refractivity contribution in [2.45, 2.75) is 6.36 Å². The van der Waals surface area contributed by atoms with Crippen LogP contribution in [0.25, 0.3) is 0 Å². The molecule has 0 aromatic heterocycles. The van der Waals surface area contributed by atoms with Gasteiger partial charge in [0.2, 0.25) is 0 Å². The monoisotopic (exact) mass is 414 g/mol. The summed E-state index contributed by atoms with van der Waals surface area (Å²) >= 11 is 0. The number of nitrogens with zero attached hydrogens (tertiary/aromatic N) is 1. The topological polar surface area (TPSA) is 80.2 Å². The second-order valence-electron chi connectivity index (χ2n) is 6.23. The Bertz CT molecular complexity index is 1140. The summed E-state index contributed by atoms with van der Waals surface area (Å²) in [5, 5.41) is 8.76. The molecule has 9 heteroatoms. The third kappa shape index (κ3) is 3.83. The molecule has 1 aliphatic rings. The van der Waals surface area contributed by atoms with E-state index in [1.807, 2.05) is 0 Å². The molecule has 0 spiro atoms. The van der Waals surface area contributed by atoms with E-state index in [-0.39, 0.29) is 22.6 Å². The molecular formula is C21H13F3N2O4. The zero-order chi connectivity index (χ0) is 21.3. The lowest BCUT2D eigenvalue weighted by molar-refractivity contribution is -0.275. The number of benzene rings is 3. The summed E-state index contributed by atoms with van der Waals surface area (Å²) in [7, 11) is 0. The Labute approximate surface area is 168 Å². The first-order valence-corrected chi connectivity index (χ1v) is 8.65. The zero-order valence-corrected chi connectivity index (χ0v) is 15.1. The molecule has 3 aromatic rings. The van der Waals surface area contributed by atoms with Crippen molar-refractivity contribution in [1.82, 2.24) is 5.48 Å². The van der Waals surface area contributed by atoms with Gasteiger partial charge in [0, 0.05) is 16.7 Å². The number of alkyl halides is 3. The minimum atomic E-state index is -4.90. The van der Waals surface area contributed by atoms with Gasteiger partial charge in [-0.05, 0) is 36.4 Å². The number of fused-ring (bicyclic) bond motifs is 2. The molecule has 0 atom stereocenters. The van der Waals surface area contributed by atoms with Crippen LogP contribution in [0, 0.1) is 0 Å². The van der Waals surface area contributed by atoms with Crippen molar-refractivity contribution >= 4 is 17.3 Å². The van der Waals surface area contributed by atoms with E-state index in [1.54, 1.807) is 42.5 Å². The van der Waals surface area contributed by atoms with Crippen LogP contribution in [0.15, 0.2) is 71.7 Å². The van der Waals surface area contributed by atoms with E-state index in [0.29, 0.717) is 17.0 Å². The van der Waals surface area contributed by atoms with Gasteiger partial charge in [-0.2, -0.15) is 0 Å². The molecule has 30 heavy (non-hydrogen) atoms. The Morgan fingerprint density at radius 3 is 2.43 bits per heavy atom. The second-order valence-corrected chi connectivity index (χ2v) is 6.23. The van der Waals surface area contributed by atoms with E-state index < -0.39 is 18.0 Å². The van der Waals surface area contributed by atoms with Crippen LogP contribution in [-0.2, 0) is 0 Å². The SMILES string of the molecule is O=C(NO)c1ccc(C2=Nc3ccccc3Oc3c(OC(F)(F)F)cccc32)cc1. The number of ether oxygens (including phenoxy) is 2. The van der Waals surface area contributed by atoms with Crippen molar-refractivity contribution in [3.8, 4) is 17.2 Å². The Morgan fingerprint density at radius 1 is 1.00 bits per heavy atom. The van der Waals surface area contributed by atoms with Gasteiger partial charge >= 0.3 is 6.36 Å². The fourth-order valence-corrected chi connectivity index (χ4v) is 3.00. The molecule has 0 unspecified atom stereocenters. The van der Waals surface area contributed by atoms with Crippen molar-refractivity contribution in [2.24, 2.45) is 4.99 Å². The molecule has 0 aliphatic carbocycles. The van der Waals surface area contributed by atoms with Gasteiger partial charge in [-0.3, -0.25) is 10.0 Å². The van der Waals surface area contributed by atoms with Gasteiger partial charge in [0.15, 0.2) is 17.2 Å². The predicted molar refractivity (Wildman–Crippen MR) is 101 cm³/mol. The molecule has 0 fully saturated rings. The van der Waals surface area contributed by atoms with Crippen LogP contribution in [0.2, 0.25) is 0 Å². The van der Waals surface area contributed by atoms with Crippen molar-refractivity contribution < 1.29 is 32.6 Å². The number of rotatable bonds is 3. The van der Waals surface area contributed by atoms with Gasteiger partial charge in [0.05, 0.1) is 5.71 Å². The van der Waals surface area contributed by atoms with Gasteiger partial charge in [-0.15, -0.1) is 13.2 Å². The molecular weight excluding hydrogens is 401 g/mol. The number of carbonyl (C=O) groups is 1. The fraction of sp³-hybridized carbons (Fsp3) is 0.0476. The Morgan fingerprint density at radius 2 is 1.73 bits per heavy atom. The van der Waals surface area contributed by atoms with E-state index >= 15 is 0 Å². The highest BCUT2D eigenvalue weighted by Crippen LogP contribution is 2.44. The average Bonchev–Trinajstić information content (AvgIpc) is 2.90. The first kappa shape index (κ1) is 19.5. The van der Waals surface area contributed by atoms with Crippen LogP contribution in [0.5, 0.6) is 17.2 Å². The standard InChI is InChI=1S/C21H13F3N2O4/c22-21(23,24)30-17-7-3-4-14-18(12-8-10-13(11-9-12)20(27)26-28)25-15-5-1-2-6-16(15)29-19(14)17/h1-11,28H,(H,26,27). The minimum absolute atomic E-state index is 0.129. The van der Waals surface area contributed by atoms with E-state index in [4.69, 9.17) is 9.94 Å². The number of amides is 1. The Balaban J connectivity index is 1.89. The number of para-hydroxylation sites is 3. The lowest BCUT2D eigenvalue weighted by Gasteiger charge is -2.16. The lowest BCUT2D eigenvalue weighted by atomic mass is 9.99. The smallest absolute Gasteiger partial charge is 0.450 e. The molecule has 2 N–H and O–H groups in total. The van der Waals surface area contributed by atoms with Gasteiger partial charge < -0.3 is 9.47 Å². The van der Waals surface area contributed by atoms with Crippen LogP contribution in [0.3, 0.4) is 0 Å². The first-order chi connectivity index (χ1) is 14.4. The molecule has 0 saturated carbocycles. The maximum atomic E-state index is 12.9. The third-order valence-corrected chi connectivity index (χ3v) is 4.29. The summed E-state index contributed by atoms with van der Waals surface area (Å²) in [6.07, 6.45) is -4.90. The van der Waals surface area contributed by atoms with Crippen LogP contribution in [0.4, 0.5) is 18.9 Å². The van der Waals surface area contributed by atoms with Crippen LogP contribution >= 0.6 is 0 Å². The van der Waals surface area contributed by atoms with Gasteiger partial charge in [-0.25, -0.2) is 10.5 Å². The molecule has 0 saturated heterocycles. The zero-order valence-electron chi connectivity index (χ0n) is 15.1. The van der Waals surface area contributed by atoms with Crippen LogP contribution in [0.1, 0.15) is 21.5 Å². The van der Waals surface area contributed by atoms with Crippen molar-refractivity contribution in [2.75, 3.05) is 0 Å².